The fourth-order valence-corrected chi connectivity index (χ4v) is 3.24. The third kappa shape index (κ3) is 3.91. The molecule has 5 nitrogen and oxygen atoms in total. The van der Waals surface area contributed by atoms with Crippen LogP contribution in [0, 0.1) is 0 Å². The lowest BCUT2D eigenvalue weighted by Crippen LogP contribution is -2.51. The highest BCUT2D eigenvalue weighted by Crippen LogP contribution is 2.20. The van der Waals surface area contributed by atoms with Gasteiger partial charge in [0.25, 0.3) is 0 Å². The first-order valence-electron chi connectivity index (χ1n) is 7.95. The SMILES string of the molecule is O=C(CNC1CCNC1)N1CCN(c2cccc(Cl)c2)CC1. The predicted octanol–water partition coefficient (Wildman–Crippen LogP) is 0.940. The van der Waals surface area contributed by atoms with Crippen LogP contribution in [0.1, 0.15) is 6.42 Å². The fourth-order valence-electron chi connectivity index (χ4n) is 3.06. The zero-order chi connectivity index (χ0) is 15.4. The van der Waals surface area contributed by atoms with Crippen LogP contribution < -0.4 is 15.5 Å². The maximum atomic E-state index is 12.3. The molecule has 1 amide bonds. The van der Waals surface area contributed by atoms with E-state index in [1.807, 2.05) is 23.1 Å². The molecule has 2 saturated heterocycles. The lowest BCUT2D eigenvalue weighted by Gasteiger charge is -2.36. The number of hydrogen-bond acceptors (Lipinski definition) is 4. The van der Waals surface area contributed by atoms with Crippen molar-refractivity contribution in [3.63, 3.8) is 0 Å². The third-order valence-electron chi connectivity index (χ3n) is 4.41. The number of anilines is 1. The van der Waals surface area contributed by atoms with Crippen molar-refractivity contribution in [2.24, 2.45) is 0 Å². The average Bonchev–Trinajstić information content (AvgIpc) is 3.06. The van der Waals surface area contributed by atoms with Crippen LogP contribution in [0.25, 0.3) is 0 Å². The lowest BCUT2D eigenvalue weighted by atomic mass is 10.2. The highest BCUT2D eigenvalue weighted by molar-refractivity contribution is 6.30. The summed E-state index contributed by atoms with van der Waals surface area (Å²) < 4.78 is 0. The Labute approximate surface area is 136 Å². The molecule has 0 saturated carbocycles. The van der Waals surface area contributed by atoms with Crippen molar-refractivity contribution >= 4 is 23.2 Å². The molecule has 22 heavy (non-hydrogen) atoms. The summed E-state index contributed by atoms with van der Waals surface area (Å²) in [5.41, 5.74) is 1.13. The van der Waals surface area contributed by atoms with Crippen molar-refractivity contribution < 1.29 is 4.79 Å². The van der Waals surface area contributed by atoms with Gasteiger partial charge in [0.2, 0.25) is 5.91 Å². The minimum Gasteiger partial charge on any atom is -0.368 e. The van der Waals surface area contributed by atoms with Crippen LogP contribution in [-0.4, -0.2) is 62.7 Å². The maximum absolute atomic E-state index is 12.3. The lowest BCUT2D eigenvalue weighted by molar-refractivity contribution is -0.130. The fraction of sp³-hybridized carbons (Fsp3) is 0.562. The molecule has 2 heterocycles. The van der Waals surface area contributed by atoms with E-state index in [-0.39, 0.29) is 5.91 Å². The van der Waals surface area contributed by atoms with Crippen LogP contribution in [0.2, 0.25) is 5.02 Å². The van der Waals surface area contributed by atoms with E-state index in [0.717, 1.165) is 56.4 Å². The summed E-state index contributed by atoms with van der Waals surface area (Å²) in [4.78, 5) is 16.5. The molecule has 1 aromatic rings. The molecular formula is C16H23ClN4O. The van der Waals surface area contributed by atoms with Crippen LogP contribution in [0.5, 0.6) is 0 Å². The predicted molar refractivity (Wildman–Crippen MR) is 89.5 cm³/mol. The number of nitrogens with one attached hydrogen (secondary N) is 2. The molecule has 120 valence electrons. The van der Waals surface area contributed by atoms with Gasteiger partial charge < -0.3 is 20.4 Å². The normalized spacial score (nSPS) is 22.1. The molecule has 0 aromatic heterocycles. The van der Waals surface area contributed by atoms with E-state index < -0.39 is 0 Å². The highest BCUT2D eigenvalue weighted by Gasteiger charge is 2.22. The van der Waals surface area contributed by atoms with E-state index in [1.165, 1.54) is 0 Å². The van der Waals surface area contributed by atoms with E-state index in [0.29, 0.717) is 12.6 Å². The molecule has 3 rings (SSSR count). The van der Waals surface area contributed by atoms with Gasteiger partial charge in [-0.05, 0) is 31.2 Å². The summed E-state index contributed by atoms with van der Waals surface area (Å²) in [5, 5.41) is 7.40. The van der Waals surface area contributed by atoms with Gasteiger partial charge in [-0.15, -0.1) is 0 Å². The van der Waals surface area contributed by atoms with Gasteiger partial charge in [0, 0.05) is 49.5 Å². The van der Waals surface area contributed by atoms with E-state index in [4.69, 9.17) is 11.6 Å². The second kappa shape index (κ2) is 7.31. The van der Waals surface area contributed by atoms with Crippen LogP contribution >= 0.6 is 11.6 Å². The minimum atomic E-state index is 0.206. The van der Waals surface area contributed by atoms with Gasteiger partial charge in [-0.3, -0.25) is 4.79 Å². The second-order valence-corrected chi connectivity index (χ2v) is 6.35. The Morgan fingerprint density at radius 3 is 2.82 bits per heavy atom. The third-order valence-corrected chi connectivity index (χ3v) is 4.64. The molecular weight excluding hydrogens is 300 g/mol. The van der Waals surface area contributed by atoms with Crippen LogP contribution in [0.15, 0.2) is 24.3 Å². The Bertz CT molecular complexity index is 511. The minimum absolute atomic E-state index is 0.206. The number of rotatable bonds is 4. The van der Waals surface area contributed by atoms with Gasteiger partial charge in [0.1, 0.15) is 0 Å². The van der Waals surface area contributed by atoms with Crippen molar-refractivity contribution in [2.75, 3.05) is 50.7 Å². The zero-order valence-corrected chi connectivity index (χ0v) is 13.5. The van der Waals surface area contributed by atoms with Crippen LogP contribution in [0.4, 0.5) is 5.69 Å². The standard InChI is InChI=1S/C16H23ClN4O/c17-13-2-1-3-15(10-13)20-6-8-21(9-7-20)16(22)12-19-14-4-5-18-11-14/h1-3,10,14,18-19H,4-9,11-12H2. The highest BCUT2D eigenvalue weighted by atomic mass is 35.5. The molecule has 2 aliphatic heterocycles. The number of amides is 1. The summed E-state index contributed by atoms with van der Waals surface area (Å²) in [6.07, 6.45) is 1.11. The van der Waals surface area contributed by atoms with Gasteiger partial charge in [-0.1, -0.05) is 17.7 Å². The summed E-state index contributed by atoms with van der Waals surface area (Å²) >= 11 is 6.04. The molecule has 0 aliphatic carbocycles. The van der Waals surface area contributed by atoms with Crippen LogP contribution in [0.3, 0.4) is 0 Å². The molecule has 0 bridgehead atoms. The largest absolute Gasteiger partial charge is 0.368 e. The van der Waals surface area contributed by atoms with Crippen LogP contribution in [-0.2, 0) is 4.79 Å². The van der Waals surface area contributed by atoms with E-state index in [1.54, 1.807) is 0 Å². The van der Waals surface area contributed by atoms with Crippen molar-refractivity contribution in [1.29, 1.82) is 0 Å². The monoisotopic (exact) mass is 322 g/mol. The van der Waals surface area contributed by atoms with E-state index in [9.17, 15) is 4.79 Å². The summed E-state index contributed by atoms with van der Waals surface area (Å²) in [5.74, 6) is 0.206. The Morgan fingerprint density at radius 2 is 2.14 bits per heavy atom. The molecule has 2 fully saturated rings. The molecule has 1 atom stereocenters. The van der Waals surface area contributed by atoms with Crippen molar-refractivity contribution in [2.45, 2.75) is 12.5 Å². The number of carbonyl (C=O) groups excluding carboxylic acids is 1. The molecule has 1 unspecified atom stereocenters. The number of benzene rings is 1. The van der Waals surface area contributed by atoms with Crippen molar-refractivity contribution in [3.8, 4) is 0 Å². The van der Waals surface area contributed by atoms with Gasteiger partial charge in [0.15, 0.2) is 0 Å². The first kappa shape index (κ1) is 15.6. The maximum Gasteiger partial charge on any atom is 0.236 e. The Hall–Kier alpha value is -1.30. The molecule has 2 aliphatic rings. The van der Waals surface area contributed by atoms with Gasteiger partial charge in [0.05, 0.1) is 6.54 Å². The molecule has 1 aromatic carbocycles. The second-order valence-electron chi connectivity index (χ2n) is 5.92. The topological polar surface area (TPSA) is 47.6 Å². The van der Waals surface area contributed by atoms with E-state index >= 15 is 0 Å². The van der Waals surface area contributed by atoms with Crippen molar-refractivity contribution in [3.05, 3.63) is 29.3 Å². The molecule has 0 spiro atoms. The molecule has 6 heteroatoms. The number of carbonyl (C=O) groups is 1. The first-order chi connectivity index (χ1) is 10.7. The Balaban J connectivity index is 1.45. The van der Waals surface area contributed by atoms with E-state index in [2.05, 4.69) is 21.6 Å². The Morgan fingerprint density at radius 1 is 1.32 bits per heavy atom. The van der Waals surface area contributed by atoms with Gasteiger partial charge in [-0.2, -0.15) is 0 Å². The zero-order valence-electron chi connectivity index (χ0n) is 12.7. The van der Waals surface area contributed by atoms with Crippen molar-refractivity contribution in [1.82, 2.24) is 15.5 Å². The molecule has 2 N–H and O–H groups in total. The molecule has 0 radical (unpaired) electrons. The first-order valence-corrected chi connectivity index (χ1v) is 8.32. The summed E-state index contributed by atoms with van der Waals surface area (Å²) in [6.45, 7) is 5.73. The number of halogens is 1. The summed E-state index contributed by atoms with van der Waals surface area (Å²) in [7, 11) is 0. The smallest absolute Gasteiger partial charge is 0.236 e. The number of piperazine rings is 1. The van der Waals surface area contributed by atoms with Gasteiger partial charge >= 0.3 is 0 Å². The number of hydrogen-bond donors (Lipinski definition) is 2. The Kier molecular flexibility index (Phi) is 5.18. The quantitative estimate of drug-likeness (QED) is 0.866. The average molecular weight is 323 g/mol. The summed E-state index contributed by atoms with van der Waals surface area (Å²) in [6, 6.07) is 8.34. The van der Waals surface area contributed by atoms with Gasteiger partial charge in [-0.25, -0.2) is 0 Å². The number of nitrogens with zero attached hydrogens (tertiary/aromatic N) is 2.